The van der Waals surface area contributed by atoms with Gasteiger partial charge in [0.1, 0.15) is 0 Å². The van der Waals surface area contributed by atoms with Crippen LogP contribution in [0.25, 0.3) is 0 Å². The highest BCUT2D eigenvalue weighted by Crippen LogP contribution is 2.29. The molecule has 2 rings (SSSR count). The Morgan fingerprint density at radius 1 is 0.900 bits per heavy atom. The fourth-order valence-corrected chi connectivity index (χ4v) is 2.47. The minimum absolute atomic E-state index is 0.905. The molecule has 0 bridgehead atoms. The molecule has 1 aliphatic heterocycles. The summed E-state index contributed by atoms with van der Waals surface area (Å²) in [5.41, 5.74) is 0. The number of piperidine rings is 1. The van der Waals surface area contributed by atoms with E-state index in [-0.39, 0.29) is 0 Å². The van der Waals surface area contributed by atoms with Gasteiger partial charge >= 0.3 is 0 Å². The maximum Gasteiger partial charge on any atom is 0.00953 e. The van der Waals surface area contributed by atoms with Crippen molar-refractivity contribution in [3.63, 3.8) is 0 Å². The topological polar surface area (TPSA) is 12.0 Å². The molecule has 1 heterocycles. The molecule has 0 radical (unpaired) electrons. The summed E-state index contributed by atoms with van der Waals surface area (Å²) < 4.78 is 0. The predicted octanol–water partition coefficient (Wildman–Crippen LogP) is 1.93. The third-order valence-corrected chi connectivity index (χ3v) is 3.07. The molecular weight excluding hydrogens is 122 g/mol. The predicted molar refractivity (Wildman–Crippen MR) is 43.0 cm³/mol. The van der Waals surface area contributed by atoms with Gasteiger partial charge in [-0.2, -0.15) is 0 Å². The summed E-state index contributed by atoms with van der Waals surface area (Å²) in [5.74, 6) is 1.04. The third-order valence-electron chi connectivity index (χ3n) is 3.07. The largest absolute Gasteiger partial charge is 0.314 e. The van der Waals surface area contributed by atoms with Crippen LogP contribution >= 0.6 is 0 Å². The van der Waals surface area contributed by atoms with Crippen molar-refractivity contribution in [1.29, 1.82) is 0 Å². The van der Waals surface area contributed by atoms with Crippen LogP contribution in [0.2, 0.25) is 0 Å². The molecule has 1 unspecified atom stereocenters. The Hall–Kier alpha value is -0.0400. The van der Waals surface area contributed by atoms with Gasteiger partial charge in [-0.05, 0) is 38.1 Å². The second-order valence-corrected chi connectivity index (χ2v) is 3.75. The smallest absolute Gasteiger partial charge is 0.00953 e. The molecule has 10 heavy (non-hydrogen) atoms. The summed E-state index contributed by atoms with van der Waals surface area (Å²) in [4.78, 5) is 0. The Balaban J connectivity index is 1.93. The molecule has 0 aromatic heterocycles. The SMILES string of the molecule is C1CC[C@@H]2NCCCC2C1. The van der Waals surface area contributed by atoms with Crippen molar-refractivity contribution in [2.45, 2.75) is 44.6 Å². The van der Waals surface area contributed by atoms with Crippen LogP contribution < -0.4 is 5.32 Å². The molecule has 0 aromatic carbocycles. The zero-order valence-electron chi connectivity index (χ0n) is 6.60. The fraction of sp³-hybridized carbons (Fsp3) is 1.00. The van der Waals surface area contributed by atoms with Crippen LogP contribution in [0.1, 0.15) is 38.5 Å². The summed E-state index contributed by atoms with van der Waals surface area (Å²) in [7, 11) is 0. The third kappa shape index (κ3) is 1.20. The van der Waals surface area contributed by atoms with Crippen LogP contribution in [-0.4, -0.2) is 12.6 Å². The van der Waals surface area contributed by atoms with E-state index in [9.17, 15) is 0 Å². The van der Waals surface area contributed by atoms with E-state index in [4.69, 9.17) is 0 Å². The molecule has 1 saturated carbocycles. The van der Waals surface area contributed by atoms with E-state index in [1.165, 1.54) is 45.1 Å². The highest BCUT2D eigenvalue weighted by Gasteiger charge is 2.26. The van der Waals surface area contributed by atoms with Crippen molar-refractivity contribution in [1.82, 2.24) is 5.32 Å². The van der Waals surface area contributed by atoms with Crippen LogP contribution in [0, 0.1) is 5.92 Å². The van der Waals surface area contributed by atoms with Crippen molar-refractivity contribution in [3.8, 4) is 0 Å². The van der Waals surface area contributed by atoms with Crippen LogP contribution in [0.15, 0.2) is 0 Å². The molecule has 1 N–H and O–H groups in total. The lowest BCUT2D eigenvalue weighted by atomic mass is 9.80. The molecule has 0 amide bonds. The van der Waals surface area contributed by atoms with Gasteiger partial charge < -0.3 is 5.32 Å². The molecule has 2 aliphatic rings. The quantitative estimate of drug-likeness (QED) is 0.540. The Morgan fingerprint density at radius 3 is 2.60 bits per heavy atom. The van der Waals surface area contributed by atoms with Gasteiger partial charge in [0, 0.05) is 6.04 Å². The second kappa shape index (κ2) is 2.91. The molecule has 2 atom stereocenters. The lowest BCUT2D eigenvalue weighted by Crippen LogP contribution is -2.42. The van der Waals surface area contributed by atoms with Gasteiger partial charge in [-0.3, -0.25) is 0 Å². The average Bonchev–Trinajstić information content (AvgIpc) is 2.05. The van der Waals surface area contributed by atoms with Crippen molar-refractivity contribution in [2.24, 2.45) is 5.92 Å². The van der Waals surface area contributed by atoms with Crippen molar-refractivity contribution < 1.29 is 0 Å². The maximum atomic E-state index is 3.62. The van der Waals surface area contributed by atoms with E-state index in [2.05, 4.69) is 5.32 Å². The van der Waals surface area contributed by atoms with E-state index >= 15 is 0 Å². The van der Waals surface area contributed by atoms with E-state index < -0.39 is 0 Å². The summed E-state index contributed by atoms with van der Waals surface area (Å²) in [6.07, 6.45) is 8.82. The molecule has 2 fully saturated rings. The van der Waals surface area contributed by atoms with Gasteiger partial charge in [0.25, 0.3) is 0 Å². The standard InChI is InChI=1S/C9H17N/c1-2-6-9-8(4-1)5-3-7-10-9/h8-10H,1-7H2/t8?,9-/m0/s1. The number of rotatable bonds is 0. The Morgan fingerprint density at radius 2 is 1.70 bits per heavy atom. The van der Waals surface area contributed by atoms with Crippen LogP contribution in [0.5, 0.6) is 0 Å². The molecule has 0 aromatic rings. The van der Waals surface area contributed by atoms with Gasteiger partial charge in [0.2, 0.25) is 0 Å². The van der Waals surface area contributed by atoms with E-state index in [1.807, 2.05) is 0 Å². The summed E-state index contributed by atoms with van der Waals surface area (Å²) in [6, 6.07) is 0.905. The van der Waals surface area contributed by atoms with Crippen molar-refractivity contribution in [3.05, 3.63) is 0 Å². The van der Waals surface area contributed by atoms with E-state index in [1.54, 1.807) is 0 Å². The van der Waals surface area contributed by atoms with Gasteiger partial charge in [-0.1, -0.05) is 12.8 Å². The number of hydrogen-bond donors (Lipinski definition) is 1. The number of nitrogens with one attached hydrogen (secondary N) is 1. The van der Waals surface area contributed by atoms with E-state index in [0.717, 1.165) is 12.0 Å². The first kappa shape index (κ1) is 6.66. The molecular formula is C9H17N. The number of fused-ring (bicyclic) bond motifs is 1. The maximum absolute atomic E-state index is 3.62. The molecule has 0 spiro atoms. The highest BCUT2D eigenvalue weighted by molar-refractivity contribution is 4.84. The Bertz CT molecular complexity index is 85.3. The Labute approximate surface area is 63.2 Å². The van der Waals surface area contributed by atoms with Crippen molar-refractivity contribution in [2.75, 3.05) is 6.54 Å². The van der Waals surface area contributed by atoms with Gasteiger partial charge in [0.05, 0.1) is 0 Å². The first-order valence-electron chi connectivity index (χ1n) is 4.70. The average molecular weight is 139 g/mol. The van der Waals surface area contributed by atoms with Crippen LogP contribution in [0.4, 0.5) is 0 Å². The monoisotopic (exact) mass is 139 g/mol. The zero-order valence-corrected chi connectivity index (χ0v) is 6.60. The van der Waals surface area contributed by atoms with Gasteiger partial charge in [0.15, 0.2) is 0 Å². The minimum Gasteiger partial charge on any atom is -0.314 e. The first-order valence-corrected chi connectivity index (χ1v) is 4.70. The molecule has 1 heteroatoms. The van der Waals surface area contributed by atoms with Crippen LogP contribution in [-0.2, 0) is 0 Å². The fourth-order valence-electron chi connectivity index (χ4n) is 2.47. The summed E-state index contributed by atoms with van der Waals surface area (Å²) in [5, 5.41) is 3.62. The van der Waals surface area contributed by atoms with Gasteiger partial charge in [-0.25, -0.2) is 0 Å². The van der Waals surface area contributed by atoms with Gasteiger partial charge in [-0.15, -0.1) is 0 Å². The lowest BCUT2D eigenvalue weighted by Gasteiger charge is -2.36. The lowest BCUT2D eigenvalue weighted by molar-refractivity contribution is 0.212. The van der Waals surface area contributed by atoms with E-state index in [0.29, 0.717) is 0 Å². The second-order valence-electron chi connectivity index (χ2n) is 3.75. The first-order chi connectivity index (χ1) is 4.97. The number of hydrogen-bond acceptors (Lipinski definition) is 1. The zero-order chi connectivity index (χ0) is 6.81. The molecule has 58 valence electrons. The normalized spacial score (nSPS) is 40.8. The molecule has 1 aliphatic carbocycles. The Kier molecular flexibility index (Phi) is 1.94. The highest BCUT2D eigenvalue weighted by atomic mass is 14.9. The molecule has 1 saturated heterocycles. The summed E-state index contributed by atoms with van der Waals surface area (Å²) in [6.45, 7) is 1.28. The van der Waals surface area contributed by atoms with Crippen LogP contribution in [0.3, 0.4) is 0 Å². The molecule has 1 nitrogen and oxygen atoms in total. The minimum atomic E-state index is 0.905. The summed E-state index contributed by atoms with van der Waals surface area (Å²) >= 11 is 0. The van der Waals surface area contributed by atoms with Crippen molar-refractivity contribution >= 4 is 0 Å².